The van der Waals surface area contributed by atoms with Crippen LogP contribution in [0.1, 0.15) is 0 Å². The molecule has 17 aromatic carbocycles. The molecular formula is C80H48O. The first-order chi connectivity index (χ1) is 40.2. The highest BCUT2D eigenvalue weighted by atomic mass is 16.3. The van der Waals surface area contributed by atoms with E-state index in [0.29, 0.717) is 0 Å². The van der Waals surface area contributed by atoms with E-state index in [1.165, 1.54) is 153 Å². The molecule has 374 valence electrons. The van der Waals surface area contributed by atoms with Gasteiger partial charge in [0.1, 0.15) is 11.2 Å². The van der Waals surface area contributed by atoms with Gasteiger partial charge < -0.3 is 4.42 Å². The predicted molar refractivity (Wildman–Crippen MR) is 347 cm³/mol. The fourth-order valence-electron chi connectivity index (χ4n) is 13.8. The molecule has 0 radical (unpaired) electrons. The zero-order chi connectivity index (χ0) is 53.1. The second kappa shape index (κ2) is 18.0. The number of hydrogen-bond donors (Lipinski definition) is 0. The first-order valence-electron chi connectivity index (χ1n) is 28.1. The van der Waals surface area contributed by atoms with E-state index in [0.717, 1.165) is 21.9 Å². The van der Waals surface area contributed by atoms with Gasteiger partial charge in [0, 0.05) is 16.2 Å². The average Bonchev–Trinajstić information content (AvgIpc) is 4.17. The maximum atomic E-state index is 6.55. The van der Waals surface area contributed by atoms with E-state index < -0.39 is 0 Å². The van der Waals surface area contributed by atoms with Gasteiger partial charge in [-0.1, -0.05) is 261 Å². The lowest BCUT2D eigenvalue weighted by Gasteiger charge is -2.18. The van der Waals surface area contributed by atoms with Gasteiger partial charge in [-0.25, -0.2) is 0 Å². The van der Waals surface area contributed by atoms with E-state index in [1.807, 2.05) is 0 Å². The first-order valence-corrected chi connectivity index (χ1v) is 28.1. The van der Waals surface area contributed by atoms with Crippen molar-refractivity contribution in [3.63, 3.8) is 0 Å². The standard InChI is InChI=1S/C44H26.C36H22O/c1-2-6-27(7-3-1)34-24-35(37-20-16-32-14-12-28-8-4-10-30-18-22-39(37)43(32)41(28)30)26-36(25-34)38-21-17-33-15-13-29-9-5-11-31-19-23-40(38)44(33)42(29)31;1-2-12-24(13-3-1)33-26-15-6-8-17-28(26)34(29-18-9-7-16-27(29)33)30-19-10-20-32-35(30)31-22-21-23-11-4-5-14-25(23)36(31)37-32/h1-26H;1-22H. The fraction of sp³-hybridized carbons (Fsp3) is 0. The summed E-state index contributed by atoms with van der Waals surface area (Å²) in [5.41, 5.74) is 14.3. The van der Waals surface area contributed by atoms with Crippen molar-refractivity contribution in [3.8, 4) is 55.6 Å². The van der Waals surface area contributed by atoms with E-state index in [2.05, 4.69) is 291 Å². The van der Waals surface area contributed by atoms with E-state index in [9.17, 15) is 0 Å². The smallest absolute Gasteiger partial charge is 0.143 e. The minimum atomic E-state index is 0.921. The molecule has 0 bridgehead atoms. The van der Waals surface area contributed by atoms with Crippen molar-refractivity contribution >= 4 is 119 Å². The molecule has 0 saturated carbocycles. The van der Waals surface area contributed by atoms with E-state index in [4.69, 9.17) is 4.42 Å². The van der Waals surface area contributed by atoms with Gasteiger partial charge in [-0.3, -0.25) is 0 Å². The maximum Gasteiger partial charge on any atom is 0.143 e. The average molecular weight is 1030 g/mol. The summed E-state index contributed by atoms with van der Waals surface area (Å²) >= 11 is 0. The van der Waals surface area contributed by atoms with Crippen LogP contribution in [0.25, 0.3) is 175 Å². The summed E-state index contributed by atoms with van der Waals surface area (Å²) in [7, 11) is 0. The van der Waals surface area contributed by atoms with Gasteiger partial charge in [-0.2, -0.15) is 0 Å². The molecule has 0 atom stereocenters. The van der Waals surface area contributed by atoms with Crippen molar-refractivity contribution < 1.29 is 4.42 Å². The Morgan fingerprint density at radius 2 is 0.580 bits per heavy atom. The molecule has 0 spiro atoms. The summed E-state index contributed by atoms with van der Waals surface area (Å²) in [5.74, 6) is 0. The Kier molecular flexibility index (Phi) is 10.1. The zero-order valence-electron chi connectivity index (χ0n) is 44.1. The Morgan fingerprint density at radius 1 is 0.185 bits per heavy atom. The predicted octanol–water partition coefficient (Wildman–Crippen LogP) is 22.9. The third-order valence-corrected chi connectivity index (χ3v) is 17.4. The Morgan fingerprint density at radius 3 is 1.14 bits per heavy atom. The van der Waals surface area contributed by atoms with Gasteiger partial charge in [0.2, 0.25) is 0 Å². The normalized spacial score (nSPS) is 12.0. The molecule has 0 aliphatic carbocycles. The second-order valence-electron chi connectivity index (χ2n) is 21.8. The van der Waals surface area contributed by atoms with Crippen LogP contribution in [-0.2, 0) is 0 Å². The molecule has 0 aliphatic heterocycles. The van der Waals surface area contributed by atoms with E-state index in [1.54, 1.807) is 0 Å². The summed E-state index contributed by atoms with van der Waals surface area (Å²) in [4.78, 5) is 0. The van der Waals surface area contributed by atoms with Crippen LogP contribution >= 0.6 is 0 Å². The SMILES string of the molecule is c1ccc(-c2c3ccccc3c(-c3cccc4oc5c6ccccc6ccc5c34)c3ccccc23)cc1.c1ccc(-c2cc(-c3ccc4ccc5cccc6ccc3c4c56)cc(-c3ccc4ccc5cccc6ccc3c4c56)c2)cc1. The van der Waals surface area contributed by atoms with Crippen LogP contribution in [0.5, 0.6) is 0 Å². The van der Waals surface area contributed by atoms with Crippen LogP contribution in [0, 0.1) is 0 Å². The fourth-order valence-corrected chi connectivity index (χ4v) is 13.8. The molecule has 0 saturated heterocycles. The molecule has 1 heteroatoms. The molecule has 0 amide bonds. The second-order valence-corrected chi connectivity index (χ2v) is 21.8. The van der Waals surface area contributed by atoms with Crippen LogP contribution < -0.4 is 0 Å². The van der Waals surface area contributed by atoms with Crippen LogP contribution in [0.4, 0.5) is 0 Å². The highest BCUT2D eigenvalue weighted by molar-refractivity contribution is 6.29. The van der Waals surface area contributed by atoms with Crippen molar-refractivity contribution in [3.05, 3.63) is 291 Å². The van der Waals surface area contributed by atoms with Crippen molar-refractivity contribution in [2.75, 3.05) is 0 Å². The van der Waals surface area contributed by atoms with Gasteiger partial charge >= 0.3 is 0 Å². The Balaban J connectivity index is 0.000000131. The lowest BCUT2D eigenvalue weighted by Crippen LogP contribution is -1.91. The lowest BCUT2D eigenvalue weighted by atomic mass is 9.85. The van der Waals surface area contributed by atoms with Gasteiger partial charge in [0.25, 0.3) is 0 Å². The van der Waals surface area contributed by atoms with Crippen LogP contribution in [0.3, 0.4) is 0 Å². The van der Waals surface area contributed by atoms with Gasteiger partial charge in [0.15, 0.2) is 0 Å². The number of hydrogen-bond acceptors (Lipinski definition) is 1. The molecule has 1 heterocycles. The number of furan rings is 1. The highest BCUT2D eigenvalue weighted by Gasteiger charge is 2.22. The molecule has 0 aliphatic rings. The van der Waals surface area contributed by atoms with Crippen molar-refractivity contribution in [1.82, 2.24) is 0 Å². The largest absolute Gasteiger partial charge is 0.455 e. The summed E-state index contributed by atoms with van der Waals surface area (Å²) in [6.45, 7) is 0. The van der Waals surface area contributed by atoms with Gasteiger partial charge in [-0.15, -0.1) is 0 Å². The monoisotopic (exact) mass is 1020 g/mol. The third kappa shape index (κ3) is 7.05. The Labute approximate surface area is 467 Å². The van der Waals surface area contributed by atoms with E-state index in [-0.39, 0.29) is 0 Å². The summed E-state index contributed by atoms with van der Waals surface area (Å²) in [6, 6.07) is 106. The number of benzene rings is 17. The molecular weight excluding hydrogens is 977 g/mol. The molecule has 0 N–H and O–H groups in total. The molecule has 81 heavy (non-hydrogen) atoms. The Hall–Kier alpha value is -10.6. The van der Waals surface area contributed by atoms with Crippen LogP contribution in [0.2, 0.25) is 0 Å². The Bertz CT molecular complexity index is 5260. The van der Waals surface area contributed by atoms with Crippen molar-refractivity contribution in [2.24, 2.45) is 0 Å². The zero-order valence-corrected chi connectivity index (χ0v) is 44.1. The minimum Gasteiger partial charge on any atom is -0.455 e. The van der Waals surface area contributed by atoms with Crippen LogP contribution in [0.15, 0.2) is 296 Å². The molecule has 18 aromatic rings. The number of fused-ring (bicyclic) bond motifs is 7. The summed E-state index contributed by atoms with van der Waals surface area (Å²) < 4.78 is 6.55. The minimum absolute atomic E-state index is 0.921. The number of rotatable bonds is 5. The van der Waals surface area contributed by atoms with E-state index >= 15 is 0 Å². The van der Waals surface area contributed by atoms with Gasteiger partial charge in [0.05, 0.1) is 0 Å². The topological polar surface area (TPSA) is 13.1 Å². The van der Waals surface area contributed by atoms with Crippen LogP contribution in [-0.4, -0.2) is 0 Å². The van der Waals surface area contributed by atoms with Crippen molar-refractivity contribution in [2.45, 2.75) is 0 Å². The lowest BCUT2D eigenvalue weighted by molar-refractivity contribution is 0.673. The summed E-state index contributed by atoms with van der Waals surface area (Å²) in [5, 5.41) is 25.5. The van der Waals surface area contributed by atoms with Crippen molar-refractivity contribution in [1.29, 1.82) is 0 Å². The first kappa shape index (κ1) is 45.4. The maximum absolute atomic E-state index is 6.55. The molecule has 0 fully saturated rings. The highest BCUT2D eigenvalue weighted by Crippen LogP contribution is 2.49. The summed E-state index contributed by atoms with van der Waals surface area (Å²) in [6.07, 6.45) is 0. The molecule has 1 aromatic heterocycles. The molecule has 18 rings (SSSR count). The molecule has 1 nitrogen and oxygen atoms in total. The molecule has 0 unspecified atom stereocenters. The van der Waals surface area contributed by atoms with Gasteiger partial charge in [-0.05, 0) is 178 Å². The third-order valence-electron chi connectivity index (χ3n) is 17.4. The quantitative estimate of drug-likeness (QED) is 0.124.